The van der Waals surface area contributed by atoms with Crippen molar-refractivity contribution in [2.75, 3.05) is 6.54 Å². The summed E-state index contributed by atoms with van der Waals surface area (Å²) in [5.74, 6) is -1.29. The third-order valence-electron chi connectivity index (χ3n) is 2.40. The minimum absolute atomic E-state index is 0.443. The van der Waals surface area contributed by atoms with Gasteiger partial charge < -0.3 is 5.32 Å². The van der Waals surface area contributed by atoms with E-state index in [1.165, 1.54) is 19.1 Å². The van der Waals surface area contributed by atoms with E-state index in [4.69, 9.17) is 0 Å². The Morgan fingerprint density at radius 3 is 2.58 bits per heavy atom. The first kappa shape index (κ1) is 15.6. The summed E-state index contributed by atoms with van der Waals surface area (Å²) in [4.78, 5) is 11.1. The number of amides is 1. The molecule has 0 unspecified atom stereocenters. The molecule has 7 heteroatoms. The van der Waals surface area contributed by atoms with Crippen molar-refractivity contribution in [2.24, 2.45) is 0 Å². The van der Waals surface area contributed by atoms with Gasteiger partial charge in [0, 0.05) is 6.54 Å². The third-order valence-corrected chi connectivity index (χ3v) is 3.97. The lowest BCUT2D eigenvalue weighted by molar-refractivity contribution is -0.122. The zero-order valence-electron chi connectivity index (χ0n) is 10.8. The zero-order chi connectivity index (χ0) is 14.5. The molecule has 0 spiro atoms. The molecule has 0 aliphatic rings. The number of benzene rings is 1. The number of hydrogen-bond acceptors (Lipinski definition) is 3. The van der Waals surface area contributed by atoms with Gasteiger partial charge in [-0.25, -0.2) is 12.8 Å². The van der Waals surface area contributed by atoms with Gasteiger partial charge in [0.1, 0.15) is 10.7 Å². The van der Waals surface area contributed by atoms with Crippen LogP contribution in [0.2, 0.25) is 0 Å². The molecule has 1 amide bonds. The highest BCUT2D eigenvalue weighted by Crippen LogP contribution is 2.13. The van der Waals surface area contributed by atoms with Crippen LogP contribution in [0.4, 0.5) is 4.39 Å². The van der Waals surface area contributed by atoms with Gasteiger partial charge >= 0.3 is 0 Å². The maximum atomic E-state index is 13.4. The first-order valence-electron chi connectivity index (χ1n) is 5.93. The number of carbonyl (C=O) groups is 1. The topological polar surface area (TPSA) is 75.3 Å². The molecule has 0 aliphatic heterocycles. The molecule has 5 nitrogen and oxygen atoms in total. The monoisotopic (exact) mass is 288 g/mol. The first-order valence-corrected chi connectivity index (χ1v) is 7.41. The standard InChI is InChI=1S/C12H17FN2O3S/c1-3-8-14-12(16)9(2)15-19(17,18)11-7-5-4-6-10(11)13/h4-7,9,15H,3,8H2,1-2H3,(H,14,16)/t9-/m0/s1. The van der Waals surface area contributed by atoms with Crippen LogP contribution in [0.15, 0.2) is 29.2 Å². The van der Waals surface area contributed by atoms with E-state index in [0.29, 0.717) is 6.54 Å². The van der Waals surface area contributed by atoms with Gasteiger partial charge in [-0.05, 0) is 25.5 Å². The average Bonchev–Trinajstić information content (AvgIpc) is 2.35. The Bertz CT molecular complexity index is 546. The van der Waals surface area contributed by atoms with E-state index >= 15 is 0 Å². The van der Waals surface area contributed by atoms with Gasteiger partial charge in [0.2, 0.25) is 15.9 Å². The second-order valence-electron chi connectivity index (χ2n) is 4.06. The van der Waals surface area contributed by atoms with Gasteiger partial charge in [-0.15, -0.1) is 0 Å². The quantitative estimate of drug-likeness (QED) is 0.820. The molecular weight excluding hydrogens is 271 g/mol. The highest BCUT2D eigenvalue weighted by Gasteiger charge is 2.23. The fourth-order valence-electron chi connectivity index (χ4n) is 1.41. The molecule has 0 radical (unpaired) electrons. The Balaban J connectivity index is 2.81. The van der Waals surface area contributed by atoms with E-state index < -0.39 is 32.7 Å². The van der Waals surface area contributed by atoms with Crippen LogP contribution in [-0.4, -0.2) is 26.9 Å². The van der Waals surface area contributed by atoms with Gasteiger partial charge in [-0.3, -0.25) is 4.79 Å². The maximum absolute atomic E-state index is 13.4. The van der Waals surface area contributed by atoms with Crippen molar-refractivity contribution < 1.29 is 17.6 Å². The molecule has 0 bridgehead atoms. The molecule has 1 aromatic carbocycles. The lowest BCUT2D eigenvalue weighted by Crippen LogP contribution is -2.45. The molecule has 0 fully saturated rings. The van der Waals surface area contributed by atoms with Crippen molar-refractivity contribution >= 4 is 15.9 Å². The van der Waals surface area contributed by atoms with Crippen LogP contribution >= 0.6 is 0 Å². The Hall–Kier alpha value is -1.47. The molecule has 1 atom stereocenters. The van der Waals surface area contributed by atoms with Gasteiger partial charge in [0.15, 0.2) is 0 Å². The Morgan fingerprint density at radius 2 is 2.00 bits per heavy atom. The normalized spacial score (nSPS) is 13.0. The fraction of sp³-hybridized carbons (Fsp3) is 0.417. The number of halogens is 1. The molecule has 0 saturated heterocycles. The first-order chi connectivity index (χ1) is 8.88. The van der Waals surface area contributed by atoms with Gasteiger partial charge in [0.25, 0.3) is 0 Å². The highest BCUT2D eigenvalue weighted by molar-refractivity contribution is 7.89. The van der Waals surface area contributed by atoms with Gasteiger partial charge in [-0.1, -0.05) is 19.1 Å². The molecule has 19 heavy (non-hydrogen) atoms. The minimum atomic E-state index is -4.05. The summed E-state index contributed by atoms with van der Waals surface area (Å²) in [6.45, 7) is 3.75. The van der Waals surface area contributed by atoms with Crippen molar-refractivity contribution in [3.8, 4) is 0 Å². The van der Waals surface area contributed by atoms with Crippen molar-refractivity contribution in [3.05, 3.63) is 30.1 Å². The van der Waals surface area contributed by atoms with Crippen molar-refractivity contribution in [2.45, 2.75) is 31.2 Å². The Kier molecular flexibility index (Phi) is 5.44. The maximum Gasteiger partial charge on any atom is 0.244 e. The molecule has 106 valence electrons. The molecule has 0 heterocycles. The second kappa shape index (κ2) is 6.63. The van der Waals surface area contributed by atoms with Crippen LogP contribution in [-0.2, 0) is 14.8 Å². The van der Waals surface area contributed by atoms with Crippen LogP contribution in [0.25, 0.3) is 0 Å². The Labute approximate surface area is 112 Å². The summed E-state index contributed by atoms with van der Waals surface area (Å²) < 4.78 is 39.4. The van der Waals surface area contributed by atoms with E-state index in [2.05, 4.69) is 10.0 Å². The number of nitrogens with one attached hydrogen (secondary N) is 2. The Morgan fingerprint density at radius 1 is 1.37 bits per heavy atom. The highest BCUT2D eigenvalue weighted by atomic mass is 32.2. The predicted molar refractivity (Wildman–Crippen MR) is 69.5 cm³/mol. The predicted octanol–water partition coefficient (Wildman–Crippen LogP) is 1.02. The van der Waals surface area contributed by atoms with Gasteiger partial charge in [0.05, 0.1) is 6.04 Å². The second-order valence-corrected chi connectivity index (χ2v) is 5.75. The summed E-state index contributed by atoms with van der Waals surface area (Å²) in [7, 11) is -4.05. The summed E-state index contributed by atoms with van der Waals surface area (Å²) in [5, 5.41) is 2.56. The molecular formula is C12H17FN2O3S. The van der Waals surface area contributed by atoms with E-state index in [-0.39, 0.29) is 0 Å². The average molecular weight is 288 g/mol. The SMILES string of the molecule is CCCNC(=O)[C@H](C)NS(=O)(=O)c1ccccc1F. The van der Waals surface area contributed by atoms with Crippen LogP contribution in [0.3, 0.4) is 0 Å². The summed E-state index contributed by atoms with van der Waals surface area (Å²) in [6.07, 6.45) is 0.749. The lowest BCUT2D eigenvalue weighted by Gasteiger charge is -2.14. The van der Waals surface area contributed by atoms with Crippen LogP contribution in [0.5, 0.6) is 0 Å². The third kappa shape index (κ3) is 4.29. The molecule has 1 rings (SSSR count). The molecule has 0 aromatic heterocycles. The van der Waals surface area contributed by atoms with Crippen LogP contribution in [0, 0.1) is 5.82 Å². The van der Waals surface area contributed by atoms with Crippen LogP contribution < -0.4 is 10.0 Å². The molecule has 2 N–H and O–H groups in total. The van der Waals surface area contributed by atoms with E-state index in [1.54, 1.807) is 0 Å². The van der Waals surface area contributed by atoms with Crippen molar-refractivity contribution in [1.82, 2.24) is 10.0 Å². The van der Waals surface area contributed by atoms with E-state index in [0.717, 1.165) is 18.6 Å². The number of sulfonamides is 1. The van der Waals surface area contributed by atoms with Crippen molar-refractivity contribution in [3.63, 3.8) is 0 Å². The number of hydrogen-bond donors (Lipinski definition) is 2. The van der Waals surface area contributed by atoms with E-state index in [1.807, 2.05) is 6.92 Å². The number of rotatable bonds is 6. The zero-order valence-corrected chi connectivity index (χ0v) is 11.6. The van der Waals surface area contributed by atoms with Crippen molar-refractivity contribution in [1.29, 1.82) is 0 Å². The molecule has 0 aliphatic carbocycles. The molecule has 0 saturated carbocycles. The van der Waals surface area contributed by atoms with Crippen LogP contribution in [0.1, 0.15) is 20.3 Å². The fourth-order valence-corrected chi connectivity index (χ4v) is 2.70. The largest absolute Gasteiger partial charge is 0.355 e. The summed E-state index contributed by atoms with van der Waals surface area (Å²) in [5.41, 5.74) is 0. The molecule has 1 aromatic rings. The summed E-state index contributed by atoms with van der Waals surface area (Å²) >= 11 is 0. The minimum Gasteiger partial charge on any atom is -0.355 e. The van der Waals surface area contributed by atoms with Gasteiger partial charge in [-0.2, -0.15) is 4.72 Å². The smallest absolute Gasteiger partial charge is 0.244 e. The summed E-state index contributed by atoms with van der Waals surface area (Å²) in [6, 6.07) is 4.05. The lowest BCUT2D eigenvalue weighted by atomic mass is 10.3. The van der Waals surface area contributed by atoms with E-state index in [9.17, 15) is 17.6 Å². The number of carbonyl (C=O) groups excluding carboxylic acids is 1.